The van der Waals surface area contributed by atoms with Crippen LogP contribution in [-0.2, 0) is 14.7 Å². The van der Waals surface area contributed by atoms with Crippen LogP contribution in [0.25, 0.3) is 0 Å². The summed E-state index contributed by atoms with van der Waals surface area (Å²) >= 11 is 12.1. The summed E-state index contributed by atoms with van der Waals surface area (Å²) < 4.78 is 39.7. The quantitative estimate of drug-likeness (QED) is 0.400. The standard InChI is InChI=1S/C23H28Cl2N2O8S/c1-26-23(29)19-9-20(25)22(32-7-8-36(2,30)31)10-21(19)33-13-16(28)11-27-12-18(14-34-27)35-17-5-3-15(24)4-6-17/h3-6,9-10,16,18,28H,7-8,11-14H2,1-2H3,(H,26,29)/t16-,18+/m0/s1. The van der Waals surface area contributed by atoms with Gasteiger partial charge in [-0.05, 0) is 30.3 Å². The van der Waals surface area contributed by atoms with Crippen LogP contribution in [0.4, 0.5) is 0 Å². The number of carbonyl (C=O) groups excluding carboxylic acids is 1. The highest BCUT2D eigenvalue weighted by molar-refractivity contribution is 7.90. The Kier molecular flexibility index (Phi) is 10.1. The number of rotatable bonds is 12. The van der Waals surface area contributed by atoms with Crippen molar-refractivity contribution in [1.29, 1.82) is 0 Å². The van der Waals surface area contributed by atoms with Gasteiger partial charge < -0.3 is 24.6 Å². The average Bonchev–Trinajstić information content (AvgIpc) is 3.25. The summed E-state index contributed by atoms with van der Waals surface area (Å²) in [6.07, 6.45) is -0.0808. The largest absolute Gasteiger partial charge is 0.491 e. The van der Waals surface area contributed by atoms with Gasteiger partial charge in [0.05, 0.1) is 29.4 Å². The van der Waals surface area contributed by atoms with E-state index >= 15 is 0 Å². The number of hydroxylamine groups is 2. The molecule has 3 rings (SSSR count). The number of β-amino-alcohol motifs (C(OH)–C–C–N with tert-alkyl or cyclic N) is 1. The van der Waals surface area contributed by atoms with E-state index in [0.29, 0.717) is 23.9 Å². The van der Waals surface area contributed by atoms with Crippen molar-refractivity contribution >= 4 is 38.9 Å². The molecule has 0 spiro atoms. The van der Waals surface area contributed by atoms with Crippen LogP contribution in [0.2, 0.25) is 10.0 Å². The van der Waals surface area contributed by atoms with Gasteiger partial charge in [0.25, 0.3) is 5.91 Å². The summed E-state index contributed by atoms with van der Waals surface area (Å²) in [5.74, 6) is 0.293. The zero-order valence-electron chi connectivity index (χ0n) is 19.8. The van der Waals surface area contributed by atoms with Gasteiger partial charge >= 0.3 is 0 Å². The third-order valence-electron chi connectivity index (χ3n) is 5.03. The lowest BCUT2D eigenvalue weighted by molar-refractivity contribution is -0.131. The van der Waals surface area contributed by atoms with Crippen molar-refractivity contribution in [3.05, 3.63) is 52.0 Å². The zero-order chi connectivity index (χ0) is 26.3. The Morgan fingerprint density at radius 2 is 1.94 bits per heavy atom. The topological polar surface area (TPSA) is 124 Å². The van der Waals surface area contributed by atoms with E-state index in [1.54, 1.807) is 29.3 Å². The maximum absolute atomic E-state index is 12.3. The molecule has 0 saturated carbocycles. The summed E-state index contributed by atoms with van der Waals surface area (Å²) in [4.78, 5) is 17.9. The molecular weight excluding hydrogens is 535 g/mol. The number of hydrogen-bond acceptors (Lipinski definition) is 9. The minimum atomic E-state index is -3.23. The number of aliphatic hydroxyl groups is 1. The molecule has 2 aromatic rings. The van der Waals surface area contributed by atoms with Crippen LogP contribution in [0.5, 0.6) is 17.2 Å². The number of sulfone groups is 1. The molecule has 10 nitrogen and oxygen atoms in total. The van der Waals surface area contributed by atoms with E-state index in [4.69, 9.17) is 42.3 Å². The van der Waals surface area contributed by atoms with E-state index in [1.807, 2.05) is 0 Å². The summed E-state index contributed by atoms with van der Waals surface area (Å²) in [5.41, 5.74) is 0.138. The lowest BCUT2D eigenvalue weighted by Gasteiger charge is -2.20. The van der Waals surface area contributed by atoms with Gasteiger partial charge in [0.1, 0.15) is 49.3 Å². The van der Waals surface area contributed by atoms with Crippen LogP contribution in [0, 0.1) is 0 Å². The first-order chi connectivity index (χ1) is 17.0. The minimum Gasteiger partial charge on any atom is -0.491 e. The molecule has 2 aromatic carbocycles. The first kappa shape index (κ1) is 28.3. The zero-order valence-corrected chi connectivity index (χ0v) is 22.1. The number of nitrogens with zero attached hydrogens (tertiary/aromatic N) is 1. The Morgan fingerprint density at radius 1 is 1.22 bits per heavy atom. The SMILES string of the molecule is CNC(=O)c1cc(Cl)c(OCCS(C)(=O)=O)cc1OC[C@@H](O)CN1C[C@@H](Oc2ccc(Cl)cc2)CO1. The molecule has 2 N–H and O–H groups in total. The van der Waals surface area contributed by atoms with E-state index in [9.17, 15) is 18.3 Å². The Balaban J connectivity index is 1.56. The van der Waals surface area contributed by atoms with Gasteiger partial charge in [-0.25, -0.2) is 8.42 Å². The van der Waals surface area contributed by atoms with Gasteiger partial charge in [0.15, 0.2) is 9.84 Å². The molecular formula is C23H28Cl2N2O8S. The maximum Gasteiger partial charge on any atom is 0.254 e. The predicted molar refractivity (Wildman–Crippen MR) is 135 cm³/mol. The Morgan fingerprint density at radius 3 is 2.61 bits per heavy atom. The average molecular weight is 563 g/mol. The summed E-state index contributed by atoms with van der Waals surface area (Å²) in [6, 6.07) is 9.76. The van der Waals surface area contributed by atoms with E-state index in [2.05, 4.69) is 5.32 Å². The first-order valence-electron chi connectivity index (χ1n) is 11.0. The normalized spacial score (nSPS) is 17.0. The summed E-state index contributed by atoms with van der Waals surface area (Å²) in [6.45, 7) is 0.619. The fourth-order valence-electron chi connectivity index (χ4n) is 3.28. The molecule has 1 saturated heterocycles. The van der Waals surface area contributed by atoms with Gasteiger partial charge in [-0.1, -0.05) is 23.2 Å². The van der Waals surface area contributed by atoms with Gasteiger partial charge in [-0.3, -0.25) is 9.63 Å². The molecule has 0 aliphatic carbocycles. The molecule has 1 aliphatic rings. The van der Waals surface area contributed by atoms with Crippen molar-refractivity contribution in [2.24, 2.45) is 0 Å². The number of halogens is 2. The van der Waals surface area contributed by atoms with Gasteiger partial charge in [0, 0.05) is 24.4 Å². The lowest BCUT2D eigenvalue weighted by Crippen LogP contribution is -2.35. The smallest absolute Gasteiger partial charge is 0.254 e. The van der Waals surface area contributed by atoms with Crippen molar-refractivity contribution in [1.82, 2.24) is 10.4 Å². The molecule has 0 bridgehead atoms. The van der Waals surface area contributed by atoms with Crippen LogP contribution >= 0.6 is 23.2 Å². The second kappa shape index (κ2) is 12.8. The molecule has 1 fully saturated rings. The molecule has 1 heterocycles. The lowest BCUT2D eigenvalue weighted by atomic mass is 10.1. The number of carbonyl (C=O) groups is 1. The Bertz CT molecular complexity index is 1150. The Hall–Kier alpha value is -2.28. The number of aliphatic hydroxyl groups excluding tert-OH is 1. The molecule has 1 aliphatic heterocycles. The van der Waals surface area contributed by atoms with E-state index in [-0.39, 0.29) is 53.7 Å². The second-order valence-corrected chi connectivity index (χ2v) is 11.2. The molecule has 0 aromatic heterocycles. The van der Waals surface area contributed by atoms with Crippen molar-refractivity contribution in [3.63, 3.8) is 0 Å². The van der Waals surface area contributed by atoms with E-state index in [0.717, 1.165) is 6.26 Å². The minimum absolute atomic E-state index is 0.118. The number of nitrogens with one attached hydrogen (secondary N) is 1. The van der Waals surface area contributed by atoms with Gasteiger partial charge in [-0.15, -0.1) is 0 Å². The molecule has 198 valence electrons. The number of amides is 1. The monoisotopic (exact) mass is 562 g/mol. The van der Waals surface area contributed by atoms with Crippen LogP contribution < -0.4 is 19.5 Å². The molecule has 36 heavy (non-hydrogen) atoms. The number of ether oxygens (including phenoxy) is 3. The third-order valence-corrected chi connectivity index (χ3v) is 6.49. The Labute approximate surface area is 219 Å². The van der Waals surface area contributed by atoms with Crippen molar-refractivity contribution < 1.29 is 37.4 Å². The molecule has 0 radical (unpaired) electrons. The van der Waals surface area contributed by atoms with Crippen LogP contribution in [-0.4, -0.2) is 88.7 Å². The van der Waals surface area contributed by atoms with Gasteiger partial charge in [0.2, 0.25) is 0 Å². The summed E-state index contributed by atoms with van der Waals surface area (Å²) in [7, 11) is -1.77. The molecule has 1 amide bonds. The maximum atomic E-state index is 12.3. The van der Waals surface area contributed by atoms with Crippen LogP contribution in [0.3, 0.4) is 0 Å². The van der Waals surface area contributed by atoms with Crippen LogP contribution in [0.15, 0.2) is 36.4 Å². The van der Waals surface area contributed by atoms with Crippen molar-refractivity contribution in [2.75, 3.05) is 52.0 Å². The number of hydrogen-bond donors (Lipinski definition) is 2. The first-order valence-corrected chi connectivity index (χ1v) is 13.8. The third kappa shape index (κ3) is 8.68. The molecule has 13 heteroatoms. The van der Waals surface area contributed by atoms with Crippen molar-refractivity contribution in [3.8, 4) is 17.2 Å². The summed E-state index contributed by atoms with van der Waals surface area (Å²) in [5, 5.41) is 15.3. The fourth-order valence-corrected chi connectivity index (χ4v) is 4.01. The van der Waals surface area contributed by atoms with E-state index in [1.165, 1.54) is 19.2 Å². The van der Waals surface area contributed by atoms with E-state index < -0.39 is 21.8 Å². The highest BCUT2D eigenvalue weighted by atomic mass is 35.5. The number of benzene rings is 2. The van der Waals surface area contributed by atoms with Crippen LogP contribution in [0.1, 0.15) is 10.4 Å². The molecule has 2 atom stereocenters. The van der Waals surface area contributed by atoms with Crippen molar-refractivity contribution in [2.45, 2.75) is 12.2 Å². The predicted octanol–water partition coefficient (Wildman–Crippen LogP) is 2.21. The highest BCUT2D eigenvalue weighted by Gasteiger charge is 2.27. The second-order valence-electron chi connectivity index (χ2n) is 8.14. The highest BCUT2D eigenvalue weighted by Crippen LogP contribution is 2.33. The molecule has 0 unspecified atom stereocenters. The fraction of sp³-hybridized carbons (Fsp3) is 0.435. The van der Waals surface area contributed by atoms with Gasteiger partial charge in [-0.2, -0.15) is 5.06 Å².